The van der Waals surface area contributed by atoms with Gasteiger partial charge in [0.05, 0.1) is 6.54 Å². The van der Waals surface area contributed by atoms with Gasteiger partial charge in [-0.2, -0.15) is 0 Å². The molecule has 0 N–H and O–H groups in total. The Kier molecular flexibility index (Phi) is 2.18. The third-order valence-electron chi connectivity index (χ3n) is 3.29. The molecule has 1 saturated heterocycles. The van der Waals surface area contributed by atoms with E-state index in [1.807, 2.05) is 0 Å². The highest BCUT2D eigenvalue weighted by atomic mass is 16.1. The van der Waals surface area contributed by atoms with Gasteiger partial charge in [-0.15, -0.1) is 0 Å². The first-order valence-corrected chi connectivity index (χ1v) is 4.98. The molecule has 0 bridgehead atoms. The molecule has 0 aromatic heterocycles. The number of likely N-dealkylation sites (N-methyl/N-ethyl adjacent to an activating group) is 1. The predicted molar refractivity (Wildman–Crippen MR) is 48.0 cm³/mol. The number of nitrogens with zero attached hydrogens (tertiary/aromatic N) is 1. The number of carbonyl (C=O) groups is 1. The van der Waals surface area contributed by atoms with Crippen LogP contribution in [0.2, 0.25) is 0 Å². The first-order valence-electron chi connectivity index (χ1n) is 4.98. The summed E-state index contributed by atoms with van der Waals surface area (Å²) in [6, 6.07) is 0. The fourth-order valence-corrected chi connectivity index (χ4v) is 2.70. The van der Waals surface area contributed by atoms with Gasteiger partial charge in [0.15, 0.2) is 0 Å². The van der Waals surface area contributed by atoms with Crippen molar-refractivity contribution < 1.29 is 4.79 Å². The van der Waals surface area contributed by atoms with Crippen LogP contribution >= 0.6 is 0 Å². The van der Waals surface area contributed by atoms with Crippen molar-refractivity contribution in [2.75, 3.05) is 20.1 Å². The van der Waals surface area contributed by atoms with Gasteiger partial charge in [-0.3, -0.25) is 9.69 Å². The standard InChI is InChI=1S/C10H17NO/c1-11-6-8-4-2-3-5-9(8)10(12)7-11/h8-9H,2-7H2,1H3. The topological polar surface area (TPSA) is 20.3 Å². The number of fused-ring (bicyclic) bond motifs is 1. The average molecular weight is 167 g/mol. The minimum atomic E-state index is 0.426. The summed E-state index contributed by atoms with van der Waals surface area (Å²) < 4.78 is 0. The van der Waals surface area contributed by atoms with Gasteiger partial charge < -0.3 is 0 Å². The molecule has 2 fully saturated rings. The molecule has 2 heteroatoms. The van der Waals surface area contributed by atoms with E-state index in [1.54, 1.807) is 0 Å². The van der Waals surface area contributed by atoms with Gasteiger partial charge in [0.1, 0.15) is 5.78 Å². The monoisotopic (exact) mass is 167 g/mol. The van der Waals surface area contributed by atoms with Crippen molar-refractivity contribution in [3.05, 3.63) is 0 Å². The lowest BCUT2D eigenvalue weighted by Crippen LogP contribution is -2.46. The van der Waals surface area contributed by atoms with Crippen molar-refractivity contribution in [2.24, 2.45) is 11.8 Å². The molecule has 2 atom stereocenters. The zero-order valence-corrected chi connectivity index (χ0v) is 7.75. The Hall–Kier alpha value is -0.370. The van der Waals surface area contributed by atoms with Crippen molar-refractivity contribution in [3.63, 3.8) is 0 Å². The molecule has 1 aliphatic carbocycles. The molecule has 12 heavy (non-hydrogen) atoms. The molecule has 68 valence electrons. The van der Waals surface area contributed by atoms with E-state index in [9.17, 15) is 4.79 Å². The molecule has 0 radical (unpaired) electrons. The number of carbonyl (C=O) groups excluding carboxylic acids is 1. The normalized spacial score (nSPS) is 37.9. The first kappa shape index (κ1) is 8.24. The Labute approximate surface area is 73.9 Å². The zero-order chi connectivity index (χ0) is 8.55. The second-order valence-corrected chi connectivity index (χ2v) is 4.31. The molecule has 1 saturated carbocycles. The van der Waals surface area contributed by atoms with E-state index >= 15 is 0 Å². The Morgan fingerprint density at radius 1 is 1.33 bits per heavy atom. The van der Waals surface area contributed by atoms with E-state index < -0.39 is 0 Å². The second kappa shape index (κ2) is 3.17. The molecule has 0 aromatic rings. The van der Waals surface area contributed by atoms with E-state index in [0.717, 1.165) is 13.0 Å². The lowest BCUT2D eigenvalue weighted by atomic mass is 9.74. The SMILES string of the molecule is CN1CC(=O)C2CCCCC2C1. The smallest absolute Gasteiger partial charge is 0.150 e. The minimum Gasteiger partial charge on any atom is -0.299 e. The van der Waals surface area contributed by atoms with Gasteiger partial charge in [-0.25, -0.2) is 0 Å². The highest BCUT2D eigenvalue weighted by molar-refractivity contribution is 5.84. The molecule has 2 aliphatic rings. The van der Waals surface area contributed by atoms with Crippen LogP contribution in [-0.2, 0) is 4.79 Å². The highest BCUT2D eigenvalue weighted by Crippen LogP contribution is 2.33. The van der Waals surface area contributed by atoms with E-state index in [4.69, 9.17) is 0 Å². The van der Waals surface area contributed by atoms with Gasteiger partial charge in [-0.1, -0.05) is 12.8 Å². The number of Topliss-reactive ketones (excluding diaryl/α,β-unsaturated/α-hetero) is 1. The third kappa shape index (κ3) is 1.40. The van der Waals surface area contributed by atoms with Crippen LogP contribution in [0, 0.1) is 11.8 Å². The van der Waals surface area contributed by atoms with Crippen LogP contribution in [0.25, 0.3) is 0 Å². The maximum absolute atomic E-state index is 11.6. The summed E-state index contributed by atoms with van der Waals surface area (Å²) in [6.07, 6.45) is 5.05. The maximum Gasteiger partial charge on any atom is 0.150 e. The molecular weight excluding hydrogens is 150 g/mol. The lowest BCUT2D eigenvalue weighted by Gasteiger charge is -2.38. The molecule has 0 amide bonds. The molecule has 0 spiro atoms. The fraction of sp³-hybridized carbons (Fsp3) is 0.900. The first-order chi connectivity index (χ1) is 5.77. The van der Waals surface area contributed by atoms with Crippen molar-refractivity contribution in [1.82, 2.24) is 4.90 Å². The van der Waals surface area contributed by atoms with Crippen LogP contribution < -0.4 is 0 Å². The Morgan fingerprint density at radius 3 is 2.92 bits per heavy atom. The summed E-state index contributed by atoms with van der Waals surface area (Å²) in [6.45, 7) is 1.84. The quantitative estimate of drug-likeness (QED) is 0.542. The Bertz CT molecular complexity index is 190. The summed E-state index contributed by atoms with van der Waals surface area (Å²) in [5, 5.41) is 0. The molecule has 2 nitrogen and oxygen atoms in total. The molecular formula is C10H17NO. The van der Waals surface area contributed by atoms with Crippen molar-refractivity contribution in [1.29, 1.82) is 0 Å². The summed E-state index contributed by atoms with van der Waals surface area (Å²) >= 11 is 0. The van der Waals surface area contributed by atoms with Crippen LogP contribution in [0.15, 0.2) is 0 Å². The van der Waals surface area contributed by atoms with Gasteiger partial charge in [-0.05, 0) is 25.8 Å². The van der Waals surface area contributed by atoms with E-state index in [2.05, 4.69) is 11.9 Å². The van der Waals surface area contributed by atoms with Gasteiger partial charge >= 0.3 is 0 Å². The summed E-state index contributed by atoms with van der Waals surface area (Å²) in [5.74, 6) is 1.61. The van der Waals surface area contributed by atoms with E-state index in [0.29, 0.717) is 24.2 Å². The van der Waals surface area contributed by atoms with Gasteiger partial charge in [0, 0.05) is 12.5 Å². The van der Waals surface area contributed by atoms with Crippen molar-refractivity contribution in [2.45, 2.75) is 25.7 Å². The number of hydrogen-bond donors (Lipinski definition) is 0. The zero-order valence-electron chi connectivity index (χ0n) is 7.75. The predicted octanol–water partition coefficient (Wildman–Crippen LogP) is 1.31. The number of piperidine rings is 1. The summed E-state index contributed by atoms with van der Waals surface area (Å²) in [4.78, 5) is 13.8. The van der Waals surface area contributed by atoms with Crippen LogP contribution in [-0.4, -0.2) is 30.8 Å². The van der Waals surface area contributed by atoms with Crippen LogP contribution in [0.3, 0.4) is 0 Å². The molecule has 1 heterocycles. The lowest BCUT2D eigenvalue weighted by molar-refractivity contribution is -0.130. The fourth-order valence-electron chi connectivity index (χ4n) is 2.70. The summed E-state index contributed by atoms with van der Waals surface area (Å²) in [5.41, 5.74) is 0. The van der Waals surface area contributed by atoms with Crippen molar-refractivity contribution in [3.8, 4) is 0 Å². The maximum atomic E-state index is 11.6. The Morgan fingerprint density at radius 2 is 2.08 bits per heavy atom. The molecule has 1 aliphatic heterocycles. The number of hydrogen-bond acceptors (Lipinski definition) is 2. The Balaban J connectivity index is 2.06. The number of rotatable bonds is 0. The molecule has 2 rings (SSSR count). The minimum absolute atomic E-state index is 0.426. The van der Waals surface area contributed by atoms with Crippen molar-refractivity contribution >= 4 is 5.78 Å². The third-order valence-corrected chi connectivity index (χ3v) is 3.29. The number of ketones is 1. The van der Waals surface area contributed by atoms with Gasteiger partial charge in [0.2, 0.25) is 0 Å². The van der Waals surface area contributed by atoms with E-state index in [1.165, 1.54) is 19.3 Å². The molecule has 0 aromatic carbocycles. The van der Waals surface area contributed by atoms with Crippen LogP contribution in [0.1, 0.15) is 25.7 Å². The second-order valence-electron chi connectivity index (χ2n) is 4.31. The highest BCUT2D eigenvalue weighted by Gasteiger charge is 2.35. The summed E-state index contributed by atoms with van der Waals surface area (Å²) in [7, 11) is 2.06. The van der Waals surface area contributed by atoms with E-state index in [-0.39, 0.29) is 0 Å². The molecule has 2 unspecified atom stereocenters. The number of likely N-dealkylation sites (tertiary alicyclic amines) is 1. The average Bonchev–Trinajstić information content (AvgIpc) is 2.04. The van der Waals surface area contributed by atoms with Gasteiger partial charge in [0.25, 0.3) is 0 Å². The van der Waals surface area contributed by atoms with Crippen LogP contribution in [0.5, 0.6) is 0 Å². The largest absolute Gasteiger partial charge is 0.299 e. The van der Waals surface area contributed by atoms with Crippen LogP contribution in [0.4, 0.5) is 0 Å².